The van der Waals surface area contributed by atoms with Crippen LogP contribution in [0.15, 0.2) is 64.6 Å². The Balaban J connectivity index is 2.52. The number of aliphatic imine (C=N–C) groups is 2. The fourth-order valence-corrected chi connectivity index (χ4v) is 8.08. The highest BCUT2D eigenvalue weighted by Crippen LogP contribution is 2.14. The second-order valence-electron chi connectivity index (χ2n) is 18.8. The fraction of sp³-hybridized carbons (Fsp3) is 0.520. The Bertz CT molecular complexity index is 2420. The zero-order valence-corrected chi connectivity index (χ0v) is 45.3. The van der Waals surface area contributed by atoms with Gasteiger partial charge in [-0.15, -0.1) is 0 Å². The number of carbonyl (C=O) groups is 10. The van der Waals surface area contributed by atoms with Crippen LogP contribution in [0.3, 0.4) is 0 Å². The minimum absolute atomic E-state index is 0.00204. The molecule has 29 heteroatoms. The molecule has 436 valence electrons. The Morgan fingerprint density at radius 3 is 1.43 bits per heavy atom. The number of phenols is 1. The number of carboxylic acids is 2. The Hall–Kier alpha value is -8.21. The van der Waals surface area contributed by atoms with E-state index in [2.05, 4.69) is 47.2 Å². The maximum atomic E-state index is 14.5. The minimum atomic E-state index is -1.70. The standard InChI is InChI=1S/C50H77N15O13S/c1-27(2)23-35(45(74)61-32(11-7-20-57-49(53)54)42(71)60-33(12-8-21-58-50(55)56)43(72)65-38(48(77)78)25-29-13-15-30(66)16-14-29)62-46(75)36(24-28-9-5-4-6-10-28)63-47(76)37(26-39(52)67)64-44(73)34(19-22-79-3)59-41(70)31(51)17-18-40(68)69/h4-6,9-10,13-16,27,31-38,66H,7-8,11-12,17-26,51H2,1-3H3,(H2,52,67)(H,59,70)(H,60,71)(H,61,74)(H,62,75)(H,63,76)(H,64,73)(H,65,72)(H,68,69)(H,77,78)(H4,53,54,57)(H4,55,56,58)/t31-,32-,33-,34-,35-,36-,37-,38-/m0/s1. The molecule has 2 aromatic rings. The Labute approximate surface area is 461 Å². The van der Waals surface area contributed by atoms with Gasteiger partial charge in [0.2, 0.25) is 47.3 Å². The topological polar surface area (TPSA) is 496 Å². The summed E-state index contributed by atoms with van der Waals surface area (Å²) >= 11 is 1.33. The average molecular weight is 1130 g/mol. The highest BCUT2D eigenvalue weighted by molar-refractivity contribution is 7.98. The van der Waals surface area contributed by atoms with Gasteiger partial charge >= 0.3 is 11.9 Å². The van der Waals surface area contributed by atoms with Crippen LogP contribution in [0.25, 0.3) is 0 Å². The monoisotopic (exact) mass is 1130 g/mol. The van der Waals surface area contributed by atoms with Crippen LogP contribution in [-0.2, 0) is 60.8 Å². The summed E-state index contributed by atoms with van der Waals surface area (Å²) in [6, 6.07) is 2.50. The summed E-state index contributed by atoms with van der Waals surface area (Å²) < 4.78 is 0. The molecular formula is C50H77N15O13S. The van der Waals surface area contributed by atoms with Gasteiger partial charge < -0.3 is 86.9 Å². The van der Waals surface area contributed by atoms with Gasteiger partial charge in [0.1, 0.15) is 48.0 Å². The number of rotatable bonds is 37. The number of amides is 8. The maximum Gasteiger partial charge on any atom is 0.326 e. The molecule has 79 heavy (non-hydrogen) atoms. The van der Waals surface area contributed by atoms with Crippen molar-refractivity contribution in [3.8, 4) is 5.75 Å². The van der Waals surface area contributed by atoms with E-state index in [1.54, 1.807) is 50.4 Å². The minimum Gasteiger partial charge on any atom is -0.508 e. The first-order valence-electron chi connectivity index (χ1n) is 25.3. The molecule has 0 unspecified atom stereocenters. The maximum absolute atomic E-state index is 14.5. The van der Waals surface area contributed by atoms with E-state index < -0.39 is 120 Å². The number of carboxylic acid groups (broad SMARTS) is 2. The molecule has 0 spiro atoms. The van der Waals surface area contributed by atoms with Crippen LogP contribution >= 0.6 is 11.8 Å². The van der Waals surface area contributed by atoms with Crippen molar-refractivity contribution in [2.24, 2.45) is 50.3 Å². The van der Waals surface area contributed by atoms with Crippen LogP contribution in [0.4, 0.5) is 0 Å². The van der Waals surface area contributed by atoms with Crippen LogP contribution in [-0.4, -0.2) is 160 Å². The summed E-state index contributed by atoms with van der Waals surface area (Å²) in [7, 11) is 0. The Kier molecular flexibility index (Phi) is 29.9. The number of benzene rings is 2. The second-order valence-corrected chi connectivity index (χ2v) is 19.8. The number of nitrogens with zero attached hydrogens (tertiary/aromatic N) is 2. The van der Waals surface area contributed by atoms with Crippen LogP contribution in [0.5, 0.6) is 5.75 Å². The van der Waals surface area contributed by atoms with Gasteiger partial charge in [-0.25, -0.2) is 4.79 Å². The summed E-state index contributed by atoms with van der Waals surface area (Å²) in [4.78, 5) is 142. The largest absolute Gasteiger partial charge is 0.508 e. The SMILES string of the molecule is CSCC[C@H](NC(=O)[C@@H](N)CCC(=O)O)C(=O)N[C@@H](CC(N)=O)C(=O)N[C@@H](Cc1ccccc1)C(=O)N[C@@H](CC(C)C)C(=O)N[C@@H](CCCN=C(N)N)C(=O)N[C@@H](CCCN=C(N)N)C(=O)N[C@@H](Cc1ccc(O)cc1)C(=O)O. The molecular weight excluding hydrogens is 1050 g/mol. The lowest BCUT2D eigenvalue weighted by molar-refractivity contribution is -0.142. The predicted octanol–water partition coefficient (Wildman–Crippen LogP) is -3.37. The number of hydrogen-bond acceptors (Lipinski definition) is 15. The average Bonchev–Trinajstić information content (AvgIpc) is 3.38. The number of carbonyl (C=O) groups excluding carboxylic acids is 8. The molecule has 2 aromatic carbocycles. The first-order valence-corrected chi connectivity index (χ1v) is 26.7. The molecule has 0 heterocycles. The van der Waals surface area contributed by atoms with E-state index in [0.29, 0.717) is 16.9 Å². The zero-order valence-electron chi connectivity index (χ0n) is 44.5. The number of primary amides is 1. The van der Waals surface area contributed by atoms with Crippen LogP contribution in [0.1, 0.15) is 82.8 Å². The molecule has 22 N–H and O–H groups in total. The van der Waals surface area contributed by atoms with E-state index in [4.69, 9.17) is 39.5 Å². The highest BCUT2D eigenvalue weighted by atomic mass is 32.2. The summed E-state index contributed by atoms with van der Waals surface area (Å²) in [5.74, 6) is -10.5. The quantitative estimate of drug-likeness (QED) is 0.0178. The summed E-state index contributed by atoms with van der Waals surface area (Å²) in [5, 5.41) is 46.6. The lowest BCUT2D eigenvalue weighted by Crippen LogP contribution is -2.61. The van der Waals surface area contributed by atoms with Gasteiger partial charge in [0, 0.05) is 32.4 Å². The molecule has 0 bridgehead atoms. The third-order valence-electron chi connectivity index (χ3n) is 11.7. The van der Waals surface area contributed by atoms with Gasteiger partial charge in [-0.1, -0.05) is 56.3 Å². The third-order valence-corrected chi connectivity index (χ3v) is 12.3. The fourth-order valence-electron chi connectivity index (χ4n) is 7.61. The number of thioether (sulfide) groups is 1. The van der Waals surface area contributed by atoms with Gasteiger partial charge in [-0.05, 0) is 86.1 Å². The van der Waals surface area contributed by atoms with E-state index in [9.17, 15) is 58.2 Å². The number of hydrogen-bond donors (Lipinski definition) is 16. The van der Waals surface area contributed by atoms with Crippen molar-refractivity contribution in [2.45, 2.75) is 133 Å². The summed E-state index contributed by atoms with van der Waals surface area (Å²) in [6.07, 6.45) is -0.0802. The number of nitrogens with one attached hydrogen (secondary N) is 7. The number of aliphatic carboxylic acids is 2. The molecule has 8 amide bonds. The Morgan fingerprint density at radius 2 is 0.949 bits per heavy atom. The van der Waals surface area contributed by atoms with Crippen molar-refractivity contribution in [3.63, 3.8) is 0 Å². The van der Waals surface area contributed by atoms with Crippen molar-refractivity contribution >= 4 is 82.9 Å². The van der Waals surface area contributed by atoms with Crippen molar-refractivity contribution in [2.75, 3.05) is 25.1 Å². The van der Waals surface area contributed by atoms with Gasteiger partial charge in [-0.2, -0.15) is 11.8 Å². The first kappa shape index (κ1) is 66.9. The van der Waals surface area contributed by atoms with Crippen LogP contribution in [0.2, 0.25) is 0 Å². The van der Waals surface area contributed by atoms with Crippen molar-refractivity contribution in [3.05, 3.63) is 65.7 Å². The molecule has 0 aliphatic heterocycles. The van der Waals surface area contributed by atoms with Crippen LogP contribution in [0, 0.1) is 5.92 Å². The van der Waals surface area contributed by atoms with Gasteiger partial charge in [-0.3, -0.25) is 53.1 Å². The third kappa shape index (κ3) is 27.1. The molecule has 0 saturated carbocycles. The van der Waals surface area contributed by atoms with Gasteiger partial charge in [0.25, 0.3) is 0 Å². The zero-order chi connectivity index (χ0) is 59.2. The molecule has 8 atom stereocenters. The molecule has 2 rings (SSSR count). The Morgan fingerprint density at radius 1 is 0.532 bits per heavy atom. The molecule has 0 saturated heterocycles. The summed E-state index contributed by atoms with van der Waals surface area (Å²) in [6.45, 7) is 3.53. The van der Waals surface area contributed by atoms with E-state index in [-0.39, 0.29) is 94.5 Å². The highest BCUT2D eigenvalue weighted by Gasteiger charge is 2.35. The molecule has 0 aromatic heterocycles. The van der Waals surface area contributed by atoms with E-state index in [0.717, 1.165) is 0 Å². The number of aromatic hydroxyl groups is 1. The lowest BCUT2D eigenvalue weighted by Gasteiger charge is -2.28. The summed E-state index contributed by atoms with van der Waals surface area (Å²) in [5.41, 5.74) is 34.4. The molecule has 0 aliphatic carbocycles. The molecule has 28 nitrogen and oxygen atoms in total. The first-order chi connectivity index (χ1) is 37.3. The molecule has 0 aliphatic rings. The number of phenolic OH excluding ortho intramolecular Hbond substituents is 1. The molecule has 0 radical (unpaired) electrons. The van der Waals surface area contributed by atoms with E-state index in [1.165, 1.54) is 36.0 Å². The van der Waals surface area contributed by atoms with Crippen LogP contribution < -0.4 is 71.6 Å². The molecule has 0 fully saturated rings. The number of guanidine groups is 2. The lowest BCUT2D eigenvalue weighted by atomic mass is 10.00. The van der Waals surface area contributed by atoms with Crippen molar-refractivity contribution < 1.29 is 63.3 Å². The van der Waals surface area contributed by atoms with Crippen molar-refractivity contribution in [1.29, 1.82) is 0 Å². The smallest absolute Gasteiger partial charge is 0.326 e. The second kappa shape index (κ2) is 35.3. The van der Waals surface area contributed by atoms with E-state index in [1.807, 2.05) is 0 Å². The van der Waals surface area contributed by atoms with E-state index >= 15 is 0 Å². The van der Waals surface area contributed by atoms with Gasteiger partial charge in [0.15, 0.2) is 11.9 Å². The van der Waals surface area contributed by atoms with Crippen molar-refractivity contribution in [1.82, 2.24) is 37.2 Å². The van der Waals surface area contributed by atoms with Gasteiger partial charge in [0.05, 0.1) is 12.5 Å². The predicted molar refractivity (Wildman–Crippen MR) is 294 cm³/mol. The number of nitrogens with two attached hydrogens (primary N) is 6. The normalized spacial score (nSPS) is 13.9.